The van der Waals surface area contributed by atoms with Gasteiger partial charge in [-0.15, -0.1) is 0 Å². The summed E-state index contributed by atoms with van der Waals surface area (Å²) in [6.45, 7) is 0.874. The summed E-state index contributed by atoms with van der Waals surface area (Å²) >= 11 is 0. The van der Waals surface area contributed by atoms with E-state index in [-0.39, 0.29) is 5.75 Å². The van der Waals surface area contributed by atoms with Gasteiger partial charge in [0.1, 0.15) is 0 Å². The van der Waals surface area contributed by atoms with E-state index in [0.717, 1.165) is 13.0 Å². The average Bonchev–Trinajstić information content (AvgIpc) is 2.22. The highest BCUT2D eigenvalue weighted by atomic mass is 19.1. The van der Waals surface area contributed by atoms with Crippen molar-refractivity contribution in [3.05, 3.63) is 29.3 Å². The van der Waals surface area contributed by atoms with Crippen LogP contribution in [0.15, 0.2) is 12.1 Å². The van der Waals surface area contributed by atoms with Crippen molar-refractivity contribution >= 4 is 0 Å². The molecule has 0 amide bonds. The lowest BCUT2D eigenvalue weighted by atomic mass is 10.1. The standard InChI is InChI=1S/C12H17F2NO/c1-15(2)8-4-5-9-6-7-10(13)12(16-3)11(9)14/h6-7H,4-5,8H2,1-3H3. The number of hydrogen-bond donors (Lipinski definition) is 0. The van der Waals surface area contributed by atoms with Crippen LogP contribution in [0.1, 0.15) is 12.0 Å². The van der Waals surface area contributed by atoms with Crippen LogP contribution in [-0.2, 0) is 6.42 Å². The van der Waals surface area contributed by atoms with E-state index in [1.807, 2.05) is 19.0 Å². The third-order valence-corrected chi connectivity index (χ3v) is 2.38. The molecule has 90 valence electrons. The molecule has 0 N–H and O–H groups in total. The summed E-state index contributed by atoms with van der Waals surface area (Å²) in [6.07, 6.45) is 1.42. The fraction of sp³-hybridized carbons (Fsp3) is 0.500. The predicted octanol–water partition coefficient (Wildman–Crippen LogP) is 2.47. The van der Waals surface area contributed by atoms with Crippen LogP contribution in [0.25, 0.3) is 0 Å². The van der Waals surface area contributed by atoms with Gasteiger partial charge in [-0.3, -0.25) is 0 Å². The molecule has 0 atom stereocenters. The van der Waals surface area contributed by atoms with Crippen LogP contribution in [0.4, 0.5) is 8.78 Å². The maximum absolute atomic E-state index is 13.7. The summed E-state index contributed by atoms with van der Waals surface area (Å²) in [7, 11) is 5.19. The number of methoxy groups -OCH3 is 1. The highest BCUT2D eigenvalue weighted by Crippen LogP contribution is 2.24. The molecule has 0 aliphatic heterocycles. The van der Waals surface area contributed by atoms with Gasteiger partial charge in [0.05, 0.1) is 7.11 Å². The second-order valence-electron chi connectivity index (χ2n) is 3.96. The number of ether oxygens (including phenoxy) is 1. The smallest absolute Gasteiger partial charge is 0.190 e. The van der Waals surface area contributed by atoms with Crippen molar-refractivity contribution < 1.29 is 13.5 Å². The summed E-state index contributed by atoms with van der Waals surface area (Å²) < 4.78 is 31.5. The van der Waals surface area contributed by atoms with Gasteiger partial charge in [0, 0.05) is 0 Å². The fourth-order valence-corrected chi connectivity index (χ4v) is 1.54. The third kappa shape index (κ3) is 3.17. The predicted molar refractivity (Wildman–Crippen MR) is 59.8 cm³/mol. The second kappa shape index (κ2) is 5.80. The fourth-order valence-electron chi connectivity index (χ4n) is 1.54. The Hall–Kier alpha value is -1.16. The molecule has 0 aromatic heterocycles. The normalized spacial score (nSPS) is 10.9. The van der Waals surface area contributed by atoms with Crippen molar-refractivity contribution in [2.24, 2.45) is 0 Å². The van der Waals surface area contributed by atoms with E-state index >= 15 is 0 Å². The third-order valence-electron chi connectivity index (χ3n) is 2.38. The first-order valence-electron chi connectivity index (χ1n) is 5.22. The van der Waals surface area contributed by atoms with Crippen molar-refractivity contribution in [2.75, 3.05) is 27.7 Å². The molecule has 0 fully saturated rings. The lowest BCUT2D eigenvalue weighted by Crippen LogP contribution is -2.13. The molecule has 1 aromatic rings. The summed E-state index contributed by atoms with van der Waals surface area (Å²) in [6, 6.07) is 2.72. The van der Waals surface area contributed by atoms with Crippen molar-refractivity contribution in [2.45, 2.75) is 12.8 Å². The molecule has 0 saturated carbocycles. The molecule has 0 heterocycles. The quantitative estimate of drug-likeness (QED) is 0.769. The van der Waals surface area contributed by atoms with Crippen molar-refractivity contribution in [3.63, 3.8) is 0 Å². The van der Waals surface area contributed by atoms with Gasteiger partial charge in [-0.2, -0.15) is 0 Å². The molecule has 2 nitrogen and oxygen atoms in total. The Kier molecular flexibility index (Phi) is 4.68. The number of aryl methyl sites for hydroxylation is 1. The van der Waals surface area contributed by atoms with E-state index in [9.17, 15) is 8.78 Å². The van der Waals surface area contributed by atoms with Gasteiger partial charge >= 0.3 is 0 Å². The largest absolute Gasteiger partial charge is 0.491 e. The minimum atomic E-state index is -0.656. The van der Waals surface area contributed by atoms with E-state index < -0.39 is 11.6 Å². The Labute approximate surface area is 94.8 Å². The molecule has 16 heavy (non-hydrogen) atoms. The van der Waals surface area contributed by atoms with Gasteiger partial charge < -0.3 is 9.64 Å². The summed E-state index contributed by atoms with van der Waals surface area (Å²) in [4.78, 5) is 2.03. The molecule has 0 unspecified atom stereocenters. The molecule has 1 rings (SSSR count). The van der Waals surface area contributed by atoms with Crippen LogP contribution in [-0.4, -0.2) is 32.6 Å². The SMILES string of the molecule is COc1c(F)ccc(CCCN(C)C)c1F. The van der Waals surface area contributed by atoms with Gasteiger partial charge in [-0.1, -0.05) is 6.07 Å². The van der Waals surface area contributed by atoms with Crippen LogP contribution >= 0.6 is 0 Å². The summed E-state index contributed by atoms with van der Waals surface area (Å²) in [5.74, 6) is -1.53. The molecule has 0 spiro atoms. The Morgan fingerprint density at radius 2 is 1.94 bits per heavy atom. The zero-order valence-corrected chi connectivity index (χ0v) is 9.89. The molecule has 4 heteroatoms. The summed E-state index contributed by atoms with van der Waals surface area (Å²) in [5.41, 5.74) is 0.500. The maximum atomic E-state index is 13.7. The van der Waals surface area contributed by atoms with Gasteiger partial charge in [0.25, 0.3) is 0 Å². The molecule has 0 aliphatic carbocycles. The highest BCUT2D eigenvalue weighted by molar-refractivity contribution is 5.32. The van der Waals surface area contributed by atoms with Crippen LogP contribution < -0.4 is 4.74 Å². The zero-order chi connectivity index (χ0) is 12.1. The first-order valence-corrected chi connectivity index (χ1v) is 5.22. The zero-order valence-electron chi connectivity index (χ0n) is 9.89. The molecule has 0 saturated heterocycles. The minimum Gasteiger partial charge on any atom is -0.491 e. The van der Waals surface area contributed by atoms with Crippen LogP contribution in [0.5, 0.6) is 5.75 Å². The van der Waals surface area contributed by atoms with Gasteiger partial charge in [0.2, 0.25) is 0 Å². The Bertz CT molecular complexity index is 353. The monoisotopic (exact) mass is 229 g/mol. The maximum Gasteiger partial charge on any atom is 0.190 e. The van der Waals surface area contributed by atoms with Crippen molar-refractivity contribution in [3.8, 4) is 5.75 Å². The first kappa shape index (κ1) is 12.9. The van der Waals surface area contributed by atoms with Crippen LogP contribution in [0, 0.1) is 11.6 Å². The van der Waals surface area contributed by atoms with E-state index in [1.165, 1.54) is 19.2 Å². The number of rotatable bonds is 5. The van der Waals surface area contributed by atoms with Gasteiger partial charge in [-0.25, -0.2) is 8.78 Å². The number of nitrogens with zero attached hydrogens (tertiary/aromatic N) is 1. The Balaban J connectivity index is 2.74. The van der Waals surface area contributed by atoms with E-state index in [2.05, 4.69) is 4.74 Å². The van der Waals surface area contributed by atoms with Crippen molar-refractivity contribution in [1.29, 1.82) is 0 Å². The molecule has 1 aromatic carbocycles. The van der Waals surface area contributed by atoms with Gasteiger partial charge in [-0.05, 0) is 45.1 Å². The van der Waals surface area contributed by atoms with Gasteiger partial charge in [0.15, 0.2) is 17.4 Å². The lowest BCUT2D eigenvalue weighted by molar-refractivity contribution is 0.356. The molecule has 0 bridgehead atoms. The van der Waals surface area contributed by atoms with Crippen molar-refractivity contribution in [1.82, 2.24) is 4.90 Å². The van der Waals surface area contributed by atoms with Crippen LogP contribution in [0.2, 0.25) is 0 Å². The first-order chi connectivity index (χ1) is 7.56. The molecular formula is C12H17F2NO. The van der Waals surface area contributed by atoms with E-state index in [4.69, 9.17) is 0 Å². The molecular weight excluding hydrogens is 212 g/mol. The van der Waals surface area contributed by atoms with E-state index in [0.29, 0.717) is 12.0 Å². The number of benzene rings is 1. The molecule has 0 radical (unpaired) electrons. The minimum absolute atomic E-state index is 0.289. The summed E-state index contributed by atoms with van der Waals surface area (Å²) in [5, 5.41) is 0. The number of halogens is 2. The Morgan fingerprint density at radius 3 is 2.50 bits per heavy atom. The van der Waals surface area contributed by atoms with E-state index in [1.54, 1.807) is 0 Å². The molecule has 0 aliphatic rings. The lowest BCUT2D eigenvalue weighted by Gasteiger charge is -2.11. The Morgan fingerprint density at radius 1 is 1.25 bits per heavy atom. The topological polar surface area (TPSA) is 12.5 Å². The second-order valence-corrected chi connectivity index (χ2v) is 3.96. The number of hydrogen-bond acceptors (Lipinski definition) is 2. The van der Waals surface area contributed by atoms with Crippen LogP contribution in [0.3, 0.4) is 0 Å². The average molecular weight is 229 g/mol. The highest BCUT2D eigenvalue weighted by Gasteiger charge is 2.13.